The number of aliphatic hydroxyl groups is 1. The molecule has 2 saturated heterocycles. The molecule has 0 aromatic carbocycles. The van der Waals surface area contributed by atoms with E-state index in [4.69, 9.17) is 25.8 Å². The fourth-order valence-corrected chi connectivity index (χ4v) is 8.38. The Balaban J connectivity index is 0.000000364. The summed E-state index contributed by atoms with van der Waals surface area (Å²) in [7, 11) is -1.26. The number of aliphatic carboxylic acids is 2. The van der Waals surface area contributed by atoms with Crippen molar-refractivity contribution in [3.8, 4) is 0 Å². The highest BCUT2D eigenvalue weighted by atomic mass is 32.2. The standard InChI is InChI=1S/C19H29N3O4S2.C4H6O5/c1-26-19(17-7-6-16(27-17)18(20)23)14-4-2-5-15(19)13-21(12-14)9-10-22-8-3-11-28(22,24)25;5-2(4(8)9)1-3(6)7/h6-7,14-15H,2-5,8-13H2,1H3,(H2,20,23);2,5H,1H2,(H,6,7)(H,8,9)/t;2-/m.0/s1. The lowest BCUT2D eigenvalue weighted by Crippen LogP contribution is -2.59. The maximum absolute atomic E-state index is 12.1. The number of nitrogens with two attached hydrogens (primary N) is 1. The minimum absolute atomic E-state index is 0.283. The van der Waals surface area contributed by atoms with Crippen LogP contribution in [-0.4, -0.2) is 102 Å². The minimum atomic E-state index is -3.04. The quantitative estimate of drug-likeness (QED) is 0.328. The number of aliphatic hydroxyl groups excluding tert-OH is 1. The Labute approximate surface area is 220 Å². The first kappa shape index (κ1) is 29.5. The fraction of sp³-hybridized carbons (Fsp3) is 0.696. The molecule has 2 bridgehead atoms. The third-order valence-corrected chi connectivity index (χ3v) is 10.6. The van der Waals surface area contributed by atoms with Gasteiger partial charge in [-0.2, -0.15) is 0 Å². The highest BCUT2D eigenvalue weighted by Gasteiger charge is 2.54. The van der Waals surface area contributed by atoms with E-state index >= 15 is 0 Å². The van der Waals surface area contributed by atoms with Crippen LogP contribution >= 0.6 is 11.3 Å². The van der Waals surface area contributed by atoms with E-state index < -0.39 is 40.4 Å². The number of piperidine rings is 1. The first-order valence-electron chi connectivity index (χ1n) is 12.2. The Morgan fingerprint density at radius 2 is 1.81 bits per heavy atom. The number of carbonyl (C=O) groups is 3. The monoisotopic (exact) mass is 561 g/mol. The SMILES string of the molecule is COC1(c2ccc(C(N)=O)s2)C2CCCC1CN(CCN1CCCS1(=O)=O)C2.O=C(O)C[C@H](O)C(=O)O. The van der Waals surface area contributed by atoms with Gasteiger partial charge in [-0.1, -0.05) is 6.42 Å². The number of fused-ring (bicyclic) bond motifs is 2. The van der Waals surface area contributed by atoms with Crippen molar-refractivity contribution < 1.29 is 42.9 Å². The van der Waals surface area contributed by atoms with Crippen molar-refractivity contribution in [2.75, 3.05) is 45.6 Å². The molecule has 3 aliphatic rings. The number of methoxy groups -OCH3 is 1. The number of hydrogen-bond donors (Lipinski definition) is 4. The predicted octanol–water partition coefficient (Wildman–Crippen LogP) is 0.363. The zero-order chi connectivity index (χ0) is 27.4. The normalized spacial score (nSPS) is 28.2. The van der Waals surface area contributed by atoms with E-state index in [1.165, 1.54) is 17.8 Å². The number of rotatable bonds is 9. The second-order valence-electron chi connectivity index (χ2n) is 9.63. The molecule has 3 fully saturated rings. The summed E-state index contributed by atoms with van der Waals surface area (Å²) in [5, 5.41) is 24.1. The molecule has 1 aromatic rings. The van der Waals surface area contributed by atoms with Gasteiger partial charge in [0.05, 0.1) is 17.1 Å². The van der Waals surface area contributed by atoms with Crippen LogP contribution in [0.2, 0.25) is 0 Å². The van der Waals surface area contributed by atoms with E-state index in [1.807, 2.05) is 12.1 Å². The second kappa shape index (κ2) is 12.2. The van der Waals surface area contributed by atoms with Crippen molar-refractivity contribution in [2.45, 2.75) is 43.8 Å². The van der Waals surface area contributed by atoms with Gasteiger partial charge in [0.25, 0.3) is 5.91 Å². The molecule has 1 aromatic heterocycles. The summed E-state index contributed by atoms with van der Waals surface area (Å²) in [4.78, 5) is 35.1. The van der Waals surface area contributed by atoms with Gasteiger partial charge in [-0.05, 0) is 31.4 Å². The van der Waals surface area contributed by atoms with Crippen LogP contribution < -0.4 is 5.73 Å². The molecule has 2 unspecified atom stereocenters. The molecule has 5 N–H and O–H groups in total. The number of carbonyl (C=O) groups excluding carboxylic acids is 1. The van der Waals surface area contributed by atoms with Crippen molar-refractivity contribution in [3.05, 3.63) is 21.9 Å². The van der Waals surface area contributed by atoms with Crippen molar-refractivity contribution in [3.63, 3.8) is 0 Å². The Morgan fingerprint density at radius 3 is 2.24 bits per heavy atom. The summed E-state index contributed by atoms with van der Waals surface area (Å²) >= 11 is 1.46. The van der Waals surface area contributed by atoms with Gasteiger partial charge in [-0.15, -0.1) is 11.3 Å². The van der Waals surface area contributed by atoms with Crippen LogP contribution in [0.1, 0.15) is 46.7 Å². The molecule has 2 aliphatic heterocycles. The van der Waals surface area contributed by atoms with Crippen molar-refractivity contribution in [2.24, 2.45) is 17.6 Å². The number of nitrogens with zero attached hydrogens (tertiary/aromatic N) is 2. The summed E-state index contributed by atoms with van der Waals surface area (Å²) in [6.45, 7) is 3.77. The summed E-state index contributed by atoms with van der Waals surface area (Å²) in [5.74, 6) is -2.29. The largest absolute Gasteiger partial charge is 0.481 e. The Kier molecular flexibility index (Phi) is 9.69. The Morgan fingerprint density at radius 1 is 1.16 bits per heavy atom. The molecule has 37 heavy (non-hydrogen) atoms. The van der Waals surface area contributed by atoms with Gasteiger partial charge in [0.15, 0.2) is 6.10 Å². The van der Waals surface area contributed by atoms with Gasteiger partial charge in [-0.3, -0.25) is 9.59 Å². The molecule has 3 heterocycles. The molecule has 14 heteroatoms. The number of thiophene rings is 1. The molecular weight excluding hydrogens is 526 g/mol. The van der Waals surface area contributed by atoms with Gasteiger partial charge in [-0.25, -0.2) is 17.5 Å². The molecule has 0 radical (unpaired) electrons. The van der Waals surface area contributed by atoms with Crippen LogP contribution in [0.3, 0.4) is 0 Å². The van der Waals surface area contributed by atoms with Gasteiger partial charge < -0.3 is 30.7 Å². The number of carboxylic acid groups (broad SMARTS) is 2. The summed E-state index contributed by atoms with van der Waals surface area (Å²) in [6, 6.07) is 3.81. The number of ether oxygens (including phenoxy) is 1. The van der Waals surface area contributed by atoms with Crippen LogP contribution in [0.25, 0.3) is 0 Å². The summed E-state index contributed by atoms with van der Waals surface area (Å²) in [6.07, 6.45) is 1.53. The van der Waals surface area contributed by atoms with Crippen LogP contribution in [-0.2, 0) is 30.0 Å². The first-order chi connectivity index (χ1) is 17.4. The molecule has 0 spiro atoms. The fourth-order valence-electron chi connectivity index (χ4n) is 5.67. The third kappa shape index (κ3) is 6.67. The number of primary amides is 1. The minimum Gasteiger partial charge on any atom is -0.481 e. The highest BCUT2D eigenvalue weighted by Crippen LogP contribution is 2.53. The van der Waals surface area contributed by atoms with E-state index in [2.05, 4.69) is 4.90 Å². The Hall–Kier alpha value is -2.10. The van der Waals surface area contributed by atoms with E-state index in [9.17, 15) is 22.8 Å². The number of carboxylic acids is 2. The topological polar surface area (TPSA) is 188 Å². The average molecular weight is 562 g/mol. The molecule has 12 nitrogen and oxygen atoms in total. The van der Waals surface area contributed by atoms with Crippen LogP contribution in [0.4, 0.5) is 0 Å². The number of likely N-dealkylation sites (tertiary alicyclic amines) is 1. The number of amides is 1. The number of hydrogen-bond acceptors (Lipinski definition) is 9. The maximum atomic E-state index is 12.1. The van der Waals surface area contributed by atoms with Gasteiger partial charge >= 0.3 is 11.9 Å². The molecule has 1 aliphatic carbocycles. The predicted molar refractivity (Wildman–Crippen MR) is 135 cm³/mol. The van der Waals surface area contributed by atoms with Gasteiger partial charge in [0, 0.05) is 56.5 Å². The highest BCUT2D eigenvalue weighted by molar-refractivity contribution is 7.89. The Bertz CT molecular complexity index is 1080. The zero-order valence-electron chi connectivity index (χ0n) is 20.7. The number of sulfonamides is 1. The van der Waals surface area contributed by atoms with E-state index in [-0.39, 0.29) is 11.4 Å². The lowest BCUT2D eigenvalue weighted by molar-refractivity contribution is -0.166. The van der Waals surface area contributed by atoms with Gasteiger partial charge in [0.1, 0.15) is 5.60 Å². The second-order valence-corrected chi connectivity index (χ2v) is 12.8. The van der Waals surface area contributed by atoms with Crippen LogP contribution in [0.15, 0.2) is 12.1 Å². The lowest BCUT2D eigenvalue weighted by atomic mass is 9.64. The zero-order valence-corrected chi connectivity index (χ0v) is 22.4. The van der Waals surface area contributed by atoms with Crippen molar-refractivity contribution >= 4 is 39.2 Å². The van der Waals surface area contributed by atoms with E-state index in [1.54, 1.807) is 11.4 Å². The third-order valence-electron chi connectivity index (χ3n) is 7.37. The molecule has 1 saturated carbocycles. The smallest absolute Gasteiger partial charge is 0.333 e. The molecule has 4 rings (SSSR count). The maximum Gasteiger partial charge on any atom is 0.333 e. The van der Waals surface area contributed by atoms with Crippen LogP contribution in [0.5, 0.6) is 0 Å². The lowest BCUT2D eigenvalue weighted by Gasteiger charge is -2.55. The molecule has 1 amide bonds. The van der Waals surface area contributed by atoms with E-state index in [0.29, 0.717) is 29.8 Å². The molecular formula is C23H35N3O9S2. The van der Waals surface area contributed by atoms with E-state index in [0.717, 1.165) is 43.8 Å². The first-order valence-corrected chi connectivity index (χ1v) is 14.6. The summed E-state index contributed by atoms with van der Waals surface area (Å²) in [5.41, 5.74) is 5.10. The molecule has 208 valence electrons. The van der Waals surface area contributed by atoms with Crippen molar-refractivity contribution in [1.29, 1.82) is 0 Å². The molecule has 3 atom stereocenters. The average Bonchev–Trinajstić information content (AvgIpc) is 3.43. The van der Waals surface area contributed by atoms with Crippen molar-refractivity contribution in [1.82, 2.24) is 9.21 Å². The summed E-state index contributed by atoms with van der Waals surface area (Å²) < 4.78 is 32.0. The van der Waals surface area contributed by atoms with Gasteiger partial charge in [0.2, 0.25) is 10.0 Å². The van der Waals surface area contributed by atoms with Crippen LogP contribution in [0, 0.1) is 11.8 Å².